The molecule has 1 aliphatic rings. The van der Waals surface area contributed by atoms with Crippen molar-refractivity contribution in [2.45, 2.75) is 23.3 Å². The van der Waals surface area contributed by atoms with Crippen LogP contribution < -0.4 is 11.2 Å². The van der Waals surface area contributed by atoms with E-state index in [2.05, 4.69) is 9.97 Å². The lowest BCUT2D eigenvalue weighted by molar-refractivity contribution is 0.292. The predicted molar refractivity (Wildman–Crippen MR) is 58.1 cm³/mol. The summed E-state index contributed by atoms with van der Waals surface area (Å²) in [6, 6.07) is 0. The van der Waals surface area contributed by atoms with E-state index in [1.54, 1.807) is 11.8 Å². The van der Waals surface area contributed by atoms with Gasteiger partial charge in [-0.2, -0.15) is 0 Å². The van der Waals surface area contributed by atoms with Crippen molar-refractivity contribution in [3.8, 4) is 0 Å². The Balaban J connectivity index is 2.24. The first-order valence-corrected chi connectivity index (χ1v) is 5.73. The Morgan fingerprint density at radius 2 is 2.27 bits per heavy atom. The van der Waals surface area contributed by atoms with Gasteiger partial charge in [-0.15, -0.1) is 11.8 Å². The van der Waals surface area contributed by atoms with Crippen LogP contribution in [0.4, 0.5) is 0 Å². The molecule has 1 saturated heterocycles. The molecule has 1 aliphatic heterocycles. The molecule has 2 atom stereocenters. The molecular weight excluding hydrogens is 216 g/mol. The number of nitrogens with one attached hydrogen (secondary N) is 2. The maximum atomic E-state index is 11.5. The molecule has 0 radical (unpaired) electrons. The minimum absolute atomic E-state index is 0.0859. The van der Waals surface area contributed by atoms with E-state index in [4.69, 9.17) is 5.11 Å². The second-order valence-corrected chi connectivity index (χ2v) is 5.04. The second-order valence-electron chi connectivity index (χ2n) is 3.53. The Morgan fingerprint density at radius 3 is 2.87 bits per heavy atom. The molecule has 1 fully saturated rings. The van der Waals surface area contributed by atoms with Crippen LogP contribution in [0.3, 0.4) is 0 Å². The van der Waals surface area contributed by atoms with E-state index in [0.29, 0.717) is 5.56 Å². The molecular formula is C9H12N2O3S. The zero-order chi connectivity index (χ0) is 10.8. The number of aromatic nitrogens is 2. The normalized spacial score (nSPS) is 25.7. The lowest BCUT2D eigenvalue weighted by atomic mass is 10.1. The highest BCUT2D eigenvalue weighted by molar-refractivity contribution is 8.00. The van der Waals surface area contributed by atoms with Gasteiger partial charge in [0.2, 0.25) is 0 Å². The highest BCUT2D eigenvalue weighted by Gasteiger charge is 2.27. The molecule has 0 aliphatic carbocycles. The molecule has 3 N–H and O–H groups in total. The molecule has 2 rings (SSSR count). The van der Waals surface area contributed by atoms with Gasteiger partial charge in [0, 0.05) is 22.3 Å². The van der Waals surface area contributed by atoms with Gasteiger partial charge < -0.3 is 10.1 Å². The van der Waals surface area contributed by atoms with Gasteiger partial charge in [0.15, 0.2) is 0 Å². The number of aliphatic hydroxyl groups is 1. The predicted octanol–water partition coefficient (Wildman–Crippen LogP) is -0.00780. The Labute approximate surface area is 89.9 Å². The molecule has 2 unspecified atom stereocenters. The van der Waals surface area contributed by atoms with Crippen molar-refractivity contribution in [1.29, 1.82) is 0 Å². The van der Waals surface area contributed by atoms with E-state index in [-0.39, 0.29) is 22.7 Å². The Bertz CT molecular complexity index is 453. The van der Waals surface area contributed by atoms with Crippen molar-refractivity contribution >= 4 is 11.8 Å². The molecule has 0 spiro atoms. The van der Waals surface area contributed by atoms with Crippen LogP contribution in [0.25, 0.3) is 0 Å². The number of hydrogen-bond acceptors (Lipinski definition) is 4. The lowest BCUT2D eigenvalue weighted by Gasteiger charge is -2.08. The molecule has 1 aromatic rings. The van der Waals surface area contributed by atoms with Gasteiger partial charge >= 0.3 is 5.69 Å². The van der Waals surface area contributed by atoms with Gasteiger partial charge in [0.05, 0.1) is 6.61 Å². The third-order valence-electron chi connectivity index (χ3n) is 2.51. The van der Waals surface area contributed by atoms with Crippen molar-refractivity contribution < 1.29 is 5.11 Å². The first-order chi connectivity index (χ1) is 7.20. The summed E-state index contributed by atoms with van der Waals surface area (Å²) in [4.78, 5) is 27.0. The van der Waals surface area contributed by atoms with Crippen molar-refractivity contribution in [1.82, 2.24) is 9.97 Å². The van der Waals surface area contributed by atoms with E-state index in [0.717, 1.165) is 12.8 Å². The van der Waals surface area contributed by atoms with Crippen LogP contribution in [-0.2, 0) is 0 Å². The molecule has 0 aromatic carbocycles. The molecule has 15 heavy (non-hydrogen) atoms. The van der Waals surface area contributed by atoms with Crippen molar-refractivity contribution in [2.75, 3.05) is 6.61 Å². The standard InChI is InChI=1S/C9H12N2O3S/c12-4-5-1-2-7(15-5)6-3-10-9(14)11-8(6)13/h3,5,7,12H,1-2,4H2,(H2,10,11,13,14). The fourth-order valence-corrected chi connectivity index (χ4v) is 3.14. The summed E-state index contributed by atoms with van der Waals surface area (Å²) < 4.78 is 0. The average Bonchev–Trinajstić information content (AvgIpc) is 2.66. The van der Waals surface area contributed by atoms with Gasteiger partial charge in [-0.1, -0.05) is 0 Å². The fraction of sp³-hybridized carbons (Fsp3) is 0.556. The number of aromatic amines is 2. The highest BCUT2D eigenvalue weighted by Crippen LogP contribution is 2.42. The monoisotopic (exact) mass is 228 g/mol. The summed E-state index contributed by atoms with van der Waals surface area (Å²) in [7, 11) is 0. The maximum Gasteiger partial charge on any atom is 0.325 e. The summed E-state index contributed by atoms with van der Waals surface area (Å²) in [5.74, 6) is 0. The number of thioether (sulfide) groups is 1. The molecule has 0 saturated carbocycles. The van der Waals surface area contributed by atoms with Gasteiger partial charge in [-0.05, 0) is 12.8 Å². The van der Waals surface area contributed by atoms with Gasteiger partial charge in [0.25, 0.3) is 5.56 Å². The summed E-state index contributed by atoms with van der Waals surface area (Å²) in [6.07, 6.45) is 3.24. The van der Waals surface area contributed by atoms with Crippen LogP contribution in [0.15, 0.2) is 15.8 Å². The summed E-state index contributed by atoms with van der Waals surface area (Å²) in [5.41, 5.74) is -0.212. The third-order valence-corrected chi connectivity index (χ3v) is 4.09. The first-order valence-electron chi connectivity index (χ1n) is 4.79. The van der Waals surface area contributed by atoms with Crippen LogP contribution in [0.2, 0.25) is 0 Å². The Kier molecular flexibility index (Phi) is 2.97. The number of hydrogen-bond donors (Lipinski definition) is 3. The fourth-order valence-electron chi connectivity index (χ4n) is 1.73. The molecule has 2 heterocycles. The highest BCUT2D eigenvalue weighted by atomic mass is 32.2. The molecule has 0 amide bonds. The summed E-state index contributed by atoms with van der Waals surface area (Å²) >= 11 is 1.59. The summed E-state index contributed by atoms with van der Waals surface area (Å²) in [5, 5.41) is 9.27. The van der Waals surface area contributed by atoms with Crippen molar-refractivity contribution in [2.24, 2.45) is 0 Å². The molecule has 0 bridgehead atoms. The SMILES string of the molecule is O=c1[nH]cc(C2CCC(CO)S2)c(=O)[nH]1. The topological polar surface area (TPSA) is 85.9 Å². The lowest BCUT2D eigenvalue weighted by Crippen LogP contribution is -2.25. The van der Waals surface area contributed by atoms with Crippen molar-refractivity contribution in [3.63, 3.8) is 0 Å². The zero-order valence-electron chi connectivity index (χ0n) is 8.03. The maximum absolute atomic E-state index is 11.5. The Morgan fingerprint density at radius 1 is 1.47 bits per heavy atom. The smallest absolute Gasteiger partial charge is 0.325 e. The van der Waals surface area contributed by atoms with Gasteiger partial charge in [-0.25, -0.2) is 4.79 Å². The van der Waals surface area contributed by atoms with Crippen LogP contribution in [-0.4, -0.2) is 26.9 Å². The molecule has 1 aromatic heterocycles. The van der Waals surface area contributed by atoms with E-state index in [1.807, 2.05) is 0 Å². The van der Waals surface area contributed by atoms with E-state index < -0.39 is 5.69 Å². The zero-order valence-corrected chi connectivity index (χ0v) is 8.84. The minimum Gasteiger partial charge on any atom is -0.395 e. The van der Waals surface area contributed by atoms with Crippen LogP contribution in [0, 0.1) is 0 Å². The molecule has 6 heteroatoms. The molecule has 82 valence electrons. The quantitative estimate of drug-likeness (QED) is 0.664. The number of rotatable bonds is 2. The largest absolute Gasteiger partial charge is 0.395 e. The van der Waals surface area contributed by atoms with Crippen LogP contribution in [0.1, 0.15) is 23.7 Å². The van der Waals surface area contributed by atoms with Gasteiger partial charge in [0.1, 0.15) is 0 Å². The van der Waals surface area contributed by atoms with E-state index >= 15 is 0 Å². The van der Waals surface area contributed by atoms with Crippen LogP contribution in [0.5, 0.6) is 0 Å². The van der Waals surface area contributed by atoms with E-state index in [9.17, 15) is 9.59 Å². The molecule has 5 nitrogen and oxygen atoms in total. The summed E-state index contributed by atoms with van der Waals surface area (Å²) in [6.45, 7) is 0.141. The minimum atomic E-state index is -0.481. The third kappa shape index (κ3) is 2.15. The first kappa shape index (κ1) is 10.5. The second kappa shape index (κ2) is 4.24. The van der Waals surface area contributed by atoms with Gasteiger partial charge in [-0.3, -0.25) is 9.78 Å². The number of aliphatic hydroxyl groups excluding tert-OH is 1. The van der Waals surface area contributed by atoms with E-state index in [1.165, 1.54) is 6.20 Å². The van der Waals surface area contributed by atoms with Crippen LogP contribution >= 0.6 is 11.8 Å². The Hall–Kier alpha value is -1.01. The average molecular weight is 228 g/mol. The number of H-pyrrole nitrogens is 2. The van der Waals surface area contributed by atoms with Crippen molar-refractivity contribution in [3.05, 3.63) is 32.6 Å².